The third-order valence-electron chi connectivity index (χ3n) is 12.1. The van der Waals surface area contributed by atoms with Crippen molar-refractivity contribution >= 4 is 51.7 Å². The van der Waals surface area contributed by atoms with E-state index in [0.717, 1.165) is 17.0 Å². The SMILES string of the molecule is COc1cc([C@H]2C3=CC[C@@H]4C(=O)N(c5cc([N+](=O)[O-])c(N(C)C)c([N+](=O)[O-])c5)C(=O)[C@@H]4[C@@H]3C[C@H]3C(=O)C(c4ccccc4)=CC(=O)[C@@]23c2ccccc2)ccc1O. The number of phenolic OH excluding ortho intramolecular Hbond substituents is 1. The summed E-state index contributed by atoms with van der Waals surface area (Å²) in [4.78, 5) is 84.4. The molecule has 0 unspecified atom stereocenters. The maximum Gasteiger partial charge on any atom is 0.301 e. The second kappa shape index (κ2) is 13.7. The number of carbonyl (C=O) groups excluding carboxylic acids is 4. The summed E-state index contributed by atoms with van der Waals surface area (Å²) in [6.45, 7) is 0. The van der Waals surface area contributed by atoms with E-state index in [1.165, 1.54) is 38.2 Å². The second-order valence-electron chi connectivity index (χ2n) is 15.0. The van der Waals surface area contributed by atoms with Crippen molar-refractivity contribution in [1.82, 2.24) is 0 Å². The summed E-state index contributed by atoms with van der Waals surface area (Å²) in [6, 6.07) is 24.5. The Bertz CT molecular complexity index is 2440. The highest BCUT2D eigenvalue weighted by atomic mass is 16.6. The van der Waals surface area contributed by atoms with Crippen LogP contribution >= 0.6 is 0 Å². The van der Waals surface area contributed by atoms with Crippen molar-refractivity contribution in [2.45, 2.75) is 24.2 Å². The molecule has 4 aliphatic rings. The molecule has 14 heteroatoms. The molecule has 2 amide bonds. The van der Waals surface area contributed by atoms with Crippen molar-refractivity contribution in [3.63, 3.8) is 0 Å². The van der Waals surface area contributed by atoms with E-state index in [9.17, 15) is 34.9 Å². The van der Waals surface area contributed by atoms with Gasteiger partial charge in [-0.05, 0) is 53.7 Å². The molecular weight excluding hydrogens is 732 g/mol. The molecule has 1 heterocycles. The summed E-state index contributed by atoms with van der Waals surface area (Å²) in [6.07, 6.45) is 3.29. The molecule has 57 heavy (non-hydrogen) atoms. The van der Waals surface area contributed by atoms with Gasteiger partial charge in [0.05, 0.1) is 39.9 Å². The van der Waals surface area contributed by atoms with Crippen molar-refractivity contribution in [2.24, 2.45) is 23.7 Å². The fourth-order valence-electron chi connectivity index (χ4n) is 9.83. The van der Waals surface area contributed by atoms with E-state index in [4.69, 9.17) is 4.74 Å². The first kappa shape index (κ1) is 37.0. The average molecular weight is 769 g/mol. The Morgan fingerprint density at radius 3 is 2.07 bits per heavy atom. The normalized spacial score (nSPS) is 25.2. The lowest BCUT2D eigenvalue weighted by molar-refractivity contribution is -0.392. The van der Waals surface area contributed by atoms with Gasteiger partial charge in [-0.25, -0.2) is 4.90 Å². The van der Waals surface area contributed by atoms with Gasteiger partial charge < -0.3 is 14.7 Å². The molecule has 4 aromatic carbocycles. The fourth-order valence-corrected chi connectivity index (χ4v) is 9.83. The molecule has 0 spiro atoms. The van der Waals surface area contributed by atoms with Crippen LogP contribution in [0.5, 0.6) is 11.5 Å². The van der Waals surface area contributed by atoms with Gasteiger partial charge in [-0.3, -0.25) is 39.4 Å². The van der Waals surface area contributed by atoms with Gasteiger partial charge >= 0.3 is 11.4 Å². The van der Waals surface area contributed by atoms with Crippen LogP contribution in [0.25, 0.3) is 5.57 Å². The number of imide groups is 1. The molecule has 1 N–H and O–H groups in total. The molecule has 0 aromatic heterocycles. The number of hydrogen-bond acceptors (Lipinski definition) is 11. The maximum absolute atomic E-state index is 15.2. The number of nitrogens with zero attached hydrogens (tertiary/aromatic N) is 4. The van der Waals surface area contributed by atoms with E-state index in [0.29, 0.717) is 22.3 Å². The smallest absolute Gasteiger partial charge is 0.301 e. The Hall–Kier alpha value is -6.96. The number of rotatable bonds is 8. The molecule has 1 saturated heterocycles. The van der Waals surface area contributed by atoms with Crippen molar-refractivity contribution in [2.75, 3.05) is 31.0 Å². The summed E-state index contributed by atoms with van der Waals surface area (Å²) in [7, 11) is 4.22. The molecule has 6 atom stereocenters. The minimum Gasteiger partial charge on any atom is -0.504 e. The zero-order chi connectivity index (χ0) is 40.5. The number of Topliss-reactive ketones (excluding diaryl/α,β-unsaturated/α-hetero) is 1. The van der Waals surface area contributed by atoms with Crippen molar-refractivity contribution in [1.29, 1.82) is 0 Å². The van der Waals surface area contributed by atoms with Gasteiger partial charge in [-0.2, -0.15) is 0 Å². The van der Waals surface area contributed by atoms with E-state index in [2.05, 4.69) is 0 Å². The number of phenols is 1. The summed E-state index contributed by atoms with van der Waals surface area (Å²) < 4.78 is 5.51. The second-order valence-corrected chi connectivity index (χ2v) is 15.0. The van der Waals surface area contributed by atoms with Gasteiger partial charge in [0.2, 0.25) is 11.8 Å². The molecule has 4 aromatic rings. The van der Waals surface area contributed by atoms with Crippen LogP contribution in [0.2, 0.25) is 0 Å². The highest BCUT2D eigenvalue weighted by molar-refractivity contribution is 6.32. The van der Waals surface area contributed by atoms with Crippen molar-refractivity contribution < 1.29 is 38.9 Å². The molecule has 14 nitrogen and oxygen atoms in total. The Morgan fingerprint density at radius 2 is 1.47 bits per heavy atom. The zero-order valence-corrected chi connectivity index (χ0v) is 31.0. The first-order chi connectivity index (χ1) is 27.3. The van der Waals surface area contributed by atoms with E-state index < -0.39 is 68.0 Å². The Morgan fingerprint density at radius 1 is 0.842 bits per heavy atom. The standard InChI is InChI=1S/C43H36N4O10/c1-44(2)39-32(46(53)54)19-26(20-33(39)47(55)56)45-41(51)28-16-15-27-30(37(28)42(45)52)21-31-40(50)29(23-10-6-4-7-11-23)22-36(49)43(31,25-12-8-5-9-13-25)38(27)24-14-17-34(48)35(18-24)57-3/h4-15,17-20,22,28,30-31,37-38,48H,16,21H2,1-3H3/t28-,30+,31-,37-,38-,43-/m0/s1. The lowest BCUT2D eigenvalue weighted by atomic mass is 9.44. The Balaban J connectivity index is 1.34. The number of nitro groups is 2. The molecule has 0 bridgehead atoms. The summed E-state index contributed by atoms with van der Waals surface area (Å²) in [5, 5.41) is 35.2. The molecule has 0 radical (unpaired) electrons. The summed E-state index contributed by atoms with van der Waals surface area (Å²) >= 11 is 0. The van der Waals surface area contributed by atoms with Gasteiger partial charge in [0, 0.05) is 43.6 Å². The predicted octanol–water partition coefficient (Wildman–Crippen LogP) is 6.31. The summed E-state index contributed by atoms with van der Waals surface area (Å²) in [5.41, 5.74) is -0.927. The number of hydrogen-bond donors (Lipinski definition) is 1. The van der Waals surface area contributed by atoms with Crippen LogP contribution in [-0.2, 0) is 24.6 Å². The van der Waals surface area contributed by atoms with E-state index in [-0.39, 0.29) is 52.9 Å². The predicted molar refractivity (Wildman–Crippen MR) is 208 cm³/mol. The van der Waals surface area contributed by atoms with E-state index >= 15 is 9.59 Å². The number of carbonyl (C=O) groups is 4. The average Bonchev–Trinajstić information content (AvgIpc) is 3.47. The van der Waals surface area contributed by atoms with Gasteiger partial charge in [-0.1, -0.05) is 78.4 Å². The van der Waals surface area contributed by atoms with Crippen LogP contribution in [0.4, 0.5) is 22.7 Å². The van der Waals surface area contributed by atoms with Crippen molar-refractivity contribution in [3.05, 3.63) is 146 Å². The molecule has 1 aliphatic heterocycles. The monoisotopic (exact) mass is 768 g/mol. The summed E-state index contributed by atoms with van der Waals surface area (Å²) in [5.74, 6) is -6.82. The number of benzene rings is 4. The van der Waals surface area contributed by atoms with E-state index in [1.807, 2.05) is 6.08 Å². The number of methoxy groups -OCH3 is 1. The maximum atomic E-state index is 15.2. The number of amides is 2. The van der Waals surface area contributed by atoms with Crippen LogP contribution in [0.15, 0.2) is 109 Å². The van der Waals surface area contributed by atoms with Crippen LogP contribution < -0.4 is 14.5 Å². The number of ether oxygens (including phenoxy) is 1. The lowest BCUT2D eigenvalue weighted by Crippen LogP contribution is -2.58. The van der Waals surface area contributed by atoms with Gasteiger partial charge in [0.1, 0.15) is 0 Å². The molecule has 1 saturated carbocycles. The fraction of sp³-hybridized carbons (Fsp3) is 0.256. The molecule has 3 aliphatic carbocycles. The van der Waals surface area contributed by atoms with Gasteiger partial charge in [-0.15, -0.1) is 0 Å². The first-order valence-electron chi connectivity index (χ1n) is 18.3. The quantitative estimate of drug-likeness (QED) is 0.0915. The van der Waals surface area contributed by atoms with Crippen LogP contribution in [0.3, 0.4) is 0 Å². The number of nitro benzene ring substituents is 2. The number of anilines is 2. The first-order valence-corrected chi connectivity index (χ1v) is 18.3. The van der Waals surface area contributed by atoms with E-state index in [1.54, 1.807) is 72.8 Å². The minimum atomic E-state index is -1.53. The zero-order valence-electron chi connectivity index (χ0n) is 31.0. The molecule has 288 valence electrons. The van der Waals surface area contributed by atoms with Crippen LogP contribution in [-0.4, -0.2) is 59.5 Å². The minimum absolute atomic E-state index is 0.00488. The van der Waals surface area contributed by atoms with Gasteiger partial charge in [0.15, 0.2) is 28.8 Å². The van der Waals surface area contributed by atoms with Gasteiger partial charge in [0.25, 0.3) is 0 Å². The topological polar surface area (TPSA) is 190 Å². The largest absolute Gasteiger partial charge is 0.504 e. The number of ketones is 2. The highest BCUT2D eigenvalue weighted by Crippen LogP contribution is 2.64. The number of fused-ring (bicyclic) bond motifs is 4. The van der Waals surface area contributed by atoms with Crippen LogP contribution in [0.1, 0.15) is 35.4 Å². The number of aromatic hydroxyl groups is 1. The van der Waals surface area contributed by atoms with Crippen LogP contribution in [0, 0.1) is 43.9 Å². The lowest BCUT2D eigenvalue weighted by Gasteiger charge is -2.55. The third-order valence-corrected chi connectivity index (χ3v) is 12.1. The number of allylic oxidation sites excluding steroid dienone is 4. The Labute approximate surface area is 326 Å². The highest BCUT2D eigenvalue weighted by Gasteiger charge is 2.66. The molecular formula is C43H36N4O10. The van der Waals surface area contributed by atoms with Crippen molar-refractivity contribution in [3.8, 4) is 11.5 Å². The molecule has 2 fully saturated rings. The Kier molecular flexibility index (Phi) is 8.86. The third kappa shape index (κ3) is 5.46. The molecule has 8 rings (SSSR count).